The number of rotatable bonds is 5. The van der Waals surface area contributed by atoms with Gasteiger partial charge in [-0.2, -0.15) is 4.31 Å². The first-order valence-corrected chi connectivity index (χ1v) is 8.80. The minimum absolute atomic E-state index is 0.0478. The molecule has 0 radical (unpaired) electrons. The zero-order chi connectivity index (χ0) is 15.6. The van der Waals surface area contributed by atoms with E-state index in [-0.39, 0.29) is 13.2 Å². The maximum absolute atomic E-state index is 12.3. The fourth-order valence-electron chi connectivity index (χ4n) is 2.28. The van der Waals surface area contributed by atoms with Crippen LogP contribution in [0.15, 0.2) is 11.4 Å². The molecule has 1 atom stereocenters. The molecule has 2 rings (SSSR count). The number of hydrogen-bond acceptors (Lipinski definition) is 6. The van der Waals surface area contributed by atoms with Crippen LogP contribution in [0.2, 0.25) is 0 Å². The van der Waals surface area contributed by atoms with Crippen LogP contribution in [0.4, 0.5) is 0 Å². The summed E-state index contributed by atoms with van der Waals surface area (Å²) in [5, 5.41) is 11.1. The Bertz CT molecular complexity index is 650. The second-order valence-electron chi connectivity index (χ2n) is 4.46. The Labute approximate surface area is 126 Å². The van der Waals surface area contributed by atoms with E-state index in [4.69, 9.17) is 0 Å². The van der Waals surface area contributed by atoms with Crippen molar-refractivity contribution in [1.29, 1.82) is 0 Å². The van der Waals surface area contributed by atoms with Crippen molar-refractivity contribution in [3.63, 3.8) is 0 Å². The molecule has 0 aliphatic carbocycles. The maximum atomic E-state index is 12.3. The topological polar surface area (TPSA) is 101 Å². The van der Waals surface area contributed by atoms with Crippen LogP contribution in [0.5, 0.6) is 0 Å². The SMILES string of the molecule is CCOC(=O)CS(=O)(=O)N1CCc2sccc2C1C(=O)O. The third kappa shape index (κ3) is 3.25. The van der Waals surface area contributed by atoms with Crippen molar-refractivity contribution in [2.24, 2.45) is 0 Å². The van der Waals surface area contributed by atoms with Gasteiger partial charge in [-0.3, -0.25) is 9.59 Å². The van der Waals surface area contributed by atoms with E-state index in [2.05, 4.69) is 4.74 Å². The number of aliphatic carboxylic acids is 1. The normalized spacial score (nSPS) is 19.0. The van der Waals surface area contributed by atoms with Gasteiger partial charge in [-0.25, -0.2) is 8.42 Å². The number of nitrogens with zero attached hydrogens (tertiary/aromatic N) is 1. The van der Waals surface area contributed by atoms with Crippen molar-refractivity contribution in [1.82, 2.24) is 4.31 Å². The van der Waals surface area contributed by atoms with Gasteiger partial charge in [0.15, 0.2) is 5.75 Å². The Morgan fingerprint density at radius 3 is 2.86 bits per heavy atom. The van der Waals surface area contributed by atoms with Gasteiger partial charge in [0.2, 0.25) is 10.0 Å². The van der Waals surface area contributed by atoms with Gasteiger partial charge in [-0.15, -0.1) is 11.3 Å². The summed E-state index contributed by atoms with van der Waals surface area (Å²) in [6.45, 7) is 1.70. The number of carboxylic acids is 1. The molecule has 0 aromatic carbocycles. The van der Waals surface area contributed by atoms with E-state index in [1.807, 2.05) is 0 Å². The summed E-state index contributed by atoms with van der Waals surface area (Å²) in [6, 6.07) is 0.338. The summed E-state index contributed by atoms with van der Waals surface area (Å²) >= 11 is 1.40. The molecule has 7 nitrogen and oxygen atoms in total. The summed E-state index contributed by atoms with van der Waals surface area (Å²) in [7, 11) is -4.04. The molecule has 0 amide bonds. The van der Waals surface area contributed by atoms with Crippen LogP contribution in [0.25, 0.3) is 0 Å². The van der Waals surface area contributed by atoms with Crippen LogP contribution < -0.4 is 0 Å². The monoisotopic (exact) mass is 333 g/mol. The minimum Gasteiger partial charge on any atom is -0.480 e. The summed E-state index contributed by atoms with van der Waals surface area (Å²) in [5.41, 5.74) is 0.478. The molecule has 9 heteroatoms. The molecule has 1 N–H and O–H groups in total. The van der Waals surface area contributed by atoms with E-state index in [0.717, 1.165) is 9.18 Å². The van der Waals surface area contributed by atoms with Gasteiger partial charge in [-0.05, 0) is 30.4 Å². The fraction of sp³-hybridized carbons (Fsp3) is 0.500. The summed E-state index contributed by atoms with van der Waals surface area (Å²) < 4.78 is 30.1. The zero-order valence-electron chi connectivity index (χ0n) is 11.3. The number of carbonyl (C=O) groups excluding carboxylic acids is 1. The fourth-order valence-corrected chi connectivity index (χ4v) is 4.63. The molecule has 0 saturated carbocycles. The smallest absolute Gasteiger partial charge is 0.326 e. The molecule has 21 heavy (non-hydrogen) atoms. The molecule has 0 fully saturated rings. The Morgan fingerprint density at radius 2 is 2.24 bits per heavy atom. The van der Waals surface area contributed by atoms with E-state index in [0.29, 0.717) is 12.0 Å². The van der Waals surface area contributed by atoms with Gasteiger partial charge in [-0.1, -0.05) is 0 Å². The molecule has 116 valence electrons. The molecule has 0 saturated heterocycles. The second kappa shape index (κ2) is 6.12. The van der Waals surface area contributed by atoms with Gasteiger partial charge in [0.1, 0.15) is 6.04 Å². The third-order valence-electron chi connectivity index (χ3n) is 3.12. The lowest BCUT2D eigenvalue weighted by atomic mass is 10.0. The highest BCUT2D eigenvalue weighted by molar-refractivity contribution is 7.89. The Hall–Kier alpha value is -1.45. The maximum Gasteiger partial charge on any atom is 0.326 e. The van der Waals surface area contributed by atoms with Crippen LogP contribution >= 0.6 is 11.3 Å². The van der Waals surface area contributed by atoms with E-state index in [9.17, 15) is 23.1 Å². The van der Waals surface area contributed by atoms with Gasteiger partial charge >= 0.3 is 11.9 Å². The third-order valence-corrected chi connectivity index (χ3v) is 5.82. The van der Waals surface area contributed by atoms with Crippen LogP contribution in [-0.4, -0.2) is 48.7 Å². The Morgan fingerprint density at radius 1 is 1.52 bits per heavy atom. The van der Waals surface area contributed by atoms with Crippen molar-refractivity contribution < 1.29 is 27.9 Å². The summed E-state index contributed by atoms with van der Waals surface area (Å²) in [5.74, 6) is -2.97. The Balaban J connectivity index is 2.30. The number of sulfonamides is 1. The van der Waals surface area contributed by atoms with Gasteiger partial charge < -0.3 is 9.84 Å². The molecular weight excluding hydrogens is 318 g/mol. The molecule has 1 aromatic heterocycles. The first kappa shape index (κ1) is 15.9. The average Bonchev–Trinajstić information content (AvgIpc) is 2.84. The largest absolute Gasteiger partial charge is 0.480 e. The number of carbonyl (C=O) groups is 2. The van der Waals surface area contributed by atoms with Gasteiger partial charge in [0.05, 0.1) is 6.61 Å². The number of hydrogen-bond donors (Lipinski definition) is 1. The van der Waals surface area contributed by atoms with Gasteiger partial charge in [0, 0.05) is 11.4 Å². The van der Waals surface area contributed by atoms with Crippen molar-refractivity contribution in [2.45, 2.75) is 19.4 Å². The Kier molecular flexibility index (Phi) is 4.64. The first-order valence-electron chi connectivity index (χ1n) is 6.31. The standard InChI is InChI=1S/C12H15NO6S2/c1-2-19-10(14)7-21(17,18)13-5-3-9-8(4-6-20-9)11(13)12(15)16/h4,6,11H,2-3,5,7H2,1H3,(H,15,16). The summed E-state index contributed by atoms with van der Waals surface area (Å²) in [6.07, 6.45) is 0.443. The zero-order valence-corrected chi connectivity index (χ0v) is 12.9. The van der Waals surface area contributed by atoms with E-state index >= 15 is 0 Å². The number of thiophene rings is 1. The van der Waals surface area contributed by atoms with Crippen molar-refractivity contribution in [3.05, 3.63) is 21.9 Å². The lowest BCUT2D eigenvalue weighted by Crippen LogP contribution is -2.45. The highest BCUT2D eigenvalue weighted by atomic mass is 32.2. The van der Waals surface area contributed by atoms with Crippen LogP contribution in [0.3, 0.4) is 0 Å². The first-order chi connectivity index (χ1) is 9.86. The quantitative estimate of drug-likeness (QED) is 0.793. The number of carboxylic acid groups (broad SMARTS) is 1. The molecular formula is C12H15NO6S2. The molecule has 2 heterocycles. The number of fused-ring (bicyclic) bond motifs is 1. The molecule has 0 spiro atoms. The number of ether oxygens (including phenoxy) is 1. The highest BCUT2D eigenvalue weighted by Gasteiger charge is 2.41. The molecule has 0 bridgehead atoms. The van der Waals surface area contributed by atoms with Crippen molar-refractivity contribution in [3.8, 4) is 0 Å². The predicted octanol–water partition coefficient (Wildman–Crippen LogP) is 0.625. The summed E-state index contributed by atoms with van der Waals surface area (Å²) in [4.78, 5) is 23.7. The number of esters is 1. The lowest BCUT2D eigenvalue weighted by molar-refractivity contribution is -0.143. The van der Waals surface area contributed by atoms with Crippen LogP contribution in [-0.2, 0) is 30.8 Å². The van der Waals surface area contributed by atoms with Crippen molar-refractivity contribution >= 4 is 33.3 Å². The molecule has 1 aliphatic heterocycles. The average molecular weight is 333 g/mol. The van der Waals surface area contributed by atoms with Crippen LogP contribution in [0.1, 0.15) is 23.4 Å². The van der Waals surface area contributed by atoms with Crippen molar-refractivity contribution in [2.75, 3.05) is 18.9 Å². The molecule has 1 aromatic rings. The van der Waals surface area contributed by atoms with E-state index in [1.165, 1.54) is 11.3 Å². The predicted molar refractivity (Wildman–Crippen MR) is 75.5 cm³/mol. The van der Waals surface area contributed by atoms with E-state index in [1.54, 1.807) is 18.4 Å². The minimum atomic E-state index is -4.04. The van der Waals surface area contributed by atoms with Crippen LogP contribution in [0, 0.1) is 0 Å². The molecule has 1 unspecified atom stereocenters. The molecule has 1 aliphatic rings. The highest BCUT2D eigenvalue weighted by Crippen LogP contribution is 2.35. The van der Waals surface area contributed by atoms with E-state index < -0.39 is 33.8 Å². The lowest BCUT2D eigenvalue weighted by Gasteiger charge is -2.31. The second-order valence-corrected chi connectivity index (χ2v) is 7.38. The van der Waals surface area contributed by atoms with Gasteiger partial charge in [0.25, 0.3) is 0 Å².